The number of nitrogens with one attached hydrogen (secondary N) is 1. The second-order valence-electron chi connectivity index (χ2n) is 4.61. The van der Waals surface area contributed by atoms with E-state index in [1.165, 1.54) is 12.1 Å². The standard InChI is InChI=1S/C16H18N2O2/c17-15(12-4-2-1-3-5-12)10-11-18-16(20)13-6-8-14(19)9-7-13/h1-9,15,19H,10-11,17H2,(H,18,20). The summed E-state index contributed by atoms with van der Waals surface area (Å²) < 4.78 is 0. The molecule has 0 aliphatic heterocycles. The van der Waals surface area contributed by atoms with Crippen molar-refractivity contribution < 1.29 is 9.90 Å². The Kier molecular flexibility index (Phi) is 4.74. The van der Waals surface area contributed by atoms with E-state index in [1.807, 2.05) is 30.3 Å². The van der Waals surface area contributed by atoms with Gasteiger partial charge in [0.25, 0.3) is 5.91 Å². The van der Waals surface area contributed by atoms with Crippen molar-refractivity contribution in [3.63, 3.8) is 0 Å². The minimum absolute atomic E-state index is 0.0867. The first-order valence-corrected chi connectivity index (χ1v) is 6.54. The molecule has 4 heteroatoms. The van der Waals surface area contributed by atoms with Gasteiger partial charge in [0.2, 0.25) is 0 Å². The number of benzene rings is 2. The molecular formula is C16H18N2O2. The van der Waals surface area contributed by atoms with Crippen LogP contribution in [0, 0.1) is 0 Å². The lowest BCUT2D eigenvalue weighted by Crippen LogP contribution is -2.27. The van der Waals surface area contributed by atoms with Crippen LogP contribution in [0.25, 0.3) is 0 Å². The molecule has 0 bridgehead atoms. The van der Waals surface area contributed by atoms with Gasteiger partial charge >= 0.3 is 0 Å². The van der Waals surface area contributed by atoms with Gasteiger partial charge in [-0.2, -0.15) is 0 Å². The maximum Gasteiger partial charge on any atom is 0.251 e. The Hall–Kier alpha value is -2.33. The number of carbonyl (C=O) groups excluding carboxylic acids is 1. The number of phenolic OH excluding ortho intramolecular Hbond substituents is 1. The first-order chi connectivity index (χ1) is 9.66. The van der Waals surface area contributed by atoms with Crippen LogP contribution < -0.4 is 11.1 Å². The molecule has 4 nitrogen and oxygen atoms in total. The number of rotatable bonds is 5. The quantitative estimate of drug-likeness (QED) is 0.779. The van der Waals surface area contributed by atoms with Gasteiger partial charge in [-0.15, -0.1) is 0 Å². The number of aromatic hydroxyl groups is 1. The maximum absolute atomic E-state index is 11.8. The predicted molar refractivity (Wildman–Crippen MR) is 78.4 cm³/mol. The van der Waals surface area contributed by atoms with Crippen LogP contribution in [0.15, 0.2) is 54.6 Å². The number of phenols is 1. The van der Waals surface area contributed by atoms with Gasteiger partial charge in [-0.05, 0) is 36.2 Å². The van der Waals surface area contributed by atoms with E-state index >= 15 is 0 Å². The Bertz CT molecular complexity index is 552. The molecule has 0 heterocycles. The second-order valence-corrected chi connectivity index (χ2v) is 4.61. The van der Waals surface area contributed by atoms with E-state index in [9.17, 15) is 4.79 Å². The van der Waals surface area contributed by atoms with Crippen LogP contribution in [-0.2, 0) is 0 Å². The van der Waals surface area contributed by atoms with Crippen molar-refractivity contribution in [3.05, 3.63) is 65.7 Å². The minimum atomic E-state index is -0.162. The predicted octanol–water partition coefficient (Wildman–Crippen LogP) is 2.21. The Balaban J connectivity index is 1.81. The molecule has 0 spiro atoms. The summed E-state index contributed by atoms with van der Waals surface area (Å²) >= 11 is 0. The largest absolute Gasteiger partial charge is 0.508 e. The van der Waals surface area contributed by atoms with Gasteiger partial charge in [-0.25, -0.2) is 0 Å². The fourth-order valence-electron chi connectivity index (χ4n) is 1.92. The van der Waals surface area contributed by atoms with Crippen LogP contribution in [0.5, 0.6) is 5.75 Å². The van der Waals surface area contributed by atoms with E-state index in [2.05, 4.69) is 5.32 Å². The van der Waals surface area contributed by atoms with E-state index < -0.39 is 0 Å². The number of hydrogen-bond donors (Lipinski definition) is 3. The molecule has 1 unspecified atom stereocenters. The third-order valence-corrected chi connectivity index (χ3v) is 3.10. The van der Waals surface area contributed by atoms with Gasteiger partial charge in [-0.1, -0.05) is 30.3 Å². The van der Waals surface area contributed by atoms with Crippen molar-refractivity contribution in [2.75, 3.05) is 6.54 Å². The molecule has 2 aromatic rings. The number of nitrogens with two attached hydrogens (primary N) is 1. The van der Waals surface area contributed by atoms with Gasteiger partial charge in [0.1, 0.15) is 5.75 Å². The SMILES string of the molecule is NC(CCNC(=O)c1ccc(O)cc1)c1ccccc1. The summed E-state index contributed by atoms with van der Waals surface area (Å²) in [5.74, 6) is -0.0158. The van der Waals surface area contributed by atoms with Crippen LogP contribution >= 0.6 is 0 Å². The zero-order chi connectivity index (χ0) is 14.4. The van der Waals surface area contributed by atoms with E-state index in [1.54, 1.807) is 12.1 Å². The first kappa shape index (κ1) is 14.1. The van der Waals surface area contributed by atoms with Crippen molar-refractivity contribution >= 4 is 5.91 Å². The van der Waals surface area contributed by atoms with Gasteiger partial charge in [0.15, 0.2) is 0 Å². The lowest BCUT2D eigenvalue weighted by molar-refractivity contribution is 0.0952. The van der Waals surface area contributed by atoms with Crippen LogP contribution in [0.4, 0.5) is 0 Å². The fraction of sp³-hybridized carbons (Fsp3) is 0.188. The summed E-state index contributed by atoms with van der Waals surface area (Å²) in [6, 6.07) is 15.9. The third kappa shape index (κ3) is 3.83. The molecule has 104 valence electrons. The van der Waals surface area contributed by atoms with Crippen molar-refractivity contribution in [3.8, 4) is 5.75 Å². The molecule has 1 atom stereocenters. The van der Waals surface area contributed by atoms with Gasteiger partial charge in [-0.3, -0.25) is 4.79 Å². The van der Waals surface area contributed by atoms with Crippen LogP contribution in [0.1, 0.15) is 28.4 Å². The summed E-state index contributed by atoms with van der Waals surface area (Å²) in [7, 11) is 0. The lowest BCUT2D eigenvalue weighted by atomic mass is 10.1. The van der Waals surface area contributed by atoms with Crippen LogP contribution in [0.2, 0.25) is 0 Å². The number of carbonyl (C=O) groups is 1. The van der Waals surface area contributed by atoms with Crippen molar-refractivity contribution in [2.45, 2.75) is 12.5 Å². The molecule has 4 N–H and O–H groups in total. The Morgan fingerprint density at radius 3 is 2.40 bits per heavy atom. The zero-order valence-corrected chi connectivity index (χ0v) is 11.1. The second kappa shape index (κ2) is 6.73. The molecule has 20 heavy (non-hydrogen) atoms. The van der Waals surface area contributed by atoms with Crippen molar-refractivity contribution in [1.82, 2.24) is 5.32 Å². The molecule has 0 saturated heterocycles. The Morgan fingerprint density at radius 1 is 1.10 bits per heavy atom. The zero-order valence-electron chi connectivity index (χ0n) is 11.1. The minimum Gasteiger partial charge on any atom is -0.508 e. The fourth-order valence-corrected chi connectivity index (χ4v) is 1.92. The molecule has 0 fully saturated rings. The smallest absolute Gasteiger partial charge is 0.251 e. The maximum atomic E-state index is 11.8. The average Bonchev–Trinajstić information content (AvgIpc) is 2.48. The highest BCUT2D eigenvalue weighted by Crippen LogP contribution is 2.13. The summed E-state index contributed by atoms with van der Waals surface area (Å²) in [4.78, 5) is 11.8. The van der Waals surface area contributed by atoms with Gasteiger partial charge in [0.05, 0.1) is 0 Å². The molecule has 0 aliphatic carbocycles. The average molecular weight is 270 g/mol. The van der Waals surface area contributed by atoms with Crippen LogP contribution in [-0.4, -0.2) is 17.6 Å². The lowest BCUT2D eigenvalue weighted by Gasteiger charge is -2.12. The molecule has 0 aromatic heterocycles. The highest BCUT2D eigenvalue weighted by atomic mass is 16.3. The van der Waals surface area contributed by atoms with Gasteiger partial charge < -0.3 is 16.2 Å². The molecular weight excluding hydrogens is 252 g/mol. The highest BCUT2D eigenvalue weighted by molar-refractivity contribution is 5.94. The Morgan fingerprint density at radius 2 is 1.75 bits per heavy atom. The molecule has 2 aromatic carbocycles. The van der Waals surface area contributed by atoms with Crippen LogP contribution in [0.3, 0.4) is 0 Å². The highest BCUT2D eigenvalue weighted by Gasteiger charge is 2.08. The molecule has 0 radical (unpaired) electrons. The summed E-state index contributed by atoms with van der Waals surface area (Å²) in [5, 5.41) is 12.0. The summed E-state index contributed by atoms with van der Waals surface area (Å²) in [5.41, 5.74) is 7.64. The Labute approximate surface area is 118 Å². The van der Waals surface area contributed by atoms with E-state index in [0.29, 0.717) is 18.5 Å². The third-order valence-electron chi connectivity index (χ3n) is 3.10. The van der Waals surface area contributed by atoms with E-state index in [-0.39, 0.29) is 17.7 Å². The number of amides is 1. The molecule has 1 amide bonds. The van der Waals surface area contributed by atoms with Crippen molar-refractivity contribution in [2.24, 2.45) is 5.73 Å². The normalized spacial score (nSPS) is 11.8. The molecule has 0 aliphatic rings. The first-order valence-electron chi connectivity index (χ1n) is 6.54. The van der Waals surface area contributed by atoms with E-state index in [0.717, 1.165) is 5.56 Å². The summed E-state index contributed by atoms with van der Waals surface area (Å²) in [6.07, 6.45) is 0.674. The topological polar surface area (TPSA) is 75.3 Å². The van der Waals surface area contributed by atoms with Gasteiger partial charge in [0, 0.05) is 18.2 Å². The molecule has 0 saturated carbocycles. The van der Waals surface area contributed by atoms with E-state index in [4.69, 9.17) is 10.8 Å². The van der Waals surface area contributed by atoms with Crippen molar-refractivity contribution in [1.29, 1.82) is 0 Å². The monoisotopic (exact) mass is 270 g/mol. The number of hydrogen-bond acceptors (Lipinski definition) is 3. The molecule has 2 rings (SSSR count). The summed E-state index contributed by atoms with van der Waals surface area (Å²) in [6.45, 7) is 0.510.